The fraction of sp³-hybridized carbons (Fsp3) is 0.571. The predicted molar refractivity (Wildman–Crippen MR) is 69.9 cm³/mol. The van der Waals surface area contributed by atoms with E-state index in [1.54, 1.807) is 0 Å². The van der Waals surface area contributed by atoms with Crippen LogP contribution in [0.2, 0.25) is 0 Å². The van der Waals surface area contributed by atoms with E-state index in [2.05, 4.69) is 50.8 Å². The van der Waals surface area contributed by atoms with Gasteiger partial charge in [0.1, 0.15) is 0 Å². The van der Waals surface area contributed by atoms with E-state index >= 15 is 0 Å². The van der Waals surface area contributed by atoms with Crippen molar-refractivity contribution in [3.8, 4) is 0 Å². The molecule has 2 heteroatoms. The number of hydrogen-bond acceptors (Lipinski definition) is 2. The average molecular weight is 218 g/mol. The molecule has 0 spiro atoms. The smallest absolute Gasteiger partial charge is 0.0497 e. The Morgan fingerprint density at radius 3 is 2.25 bits per heavy atom. The van der Waals surface area contributed by atoms with Crippen LogP contribution in [-0.4, -0.2) is 18.1 Å². The Morgan fingerprint density at radius 2 is 1.81 bits per heavy atom. The Bertz CT molecular complexity index is 375. The highest BCUT2D eigenvalue weighted by molar-refractivity contribution is 5.61. The van der Waals surface area contributed by atoms with E-state index in [4.69, 9.17) is 5.73 Å². The molecule has 16 heavy (non-hydrogen) atoms. The van der Waals surface area contributed by atoms with Crippen molar-refractivity contribution in [1.29, 1.82) is 0 Å². The van der Waals surface area contributed by atoms with E-state index in [1.807, 2.05) is 0 Å². The molecule has 88 valence electrons. The van der Waals surface area contributed by atoms with Gasteiger partial charge in [-0.25, -0.2) is 0 Å². The molecule has 1 aliphatic heterocycles. The van der Waals surface area contributed by atoms with Crippen molar-refractivity contribution in [3.05, 3.63) is 29.3 Å². The number of nitrogens with zero attached hydrogens (tertiary/aromatic N) is 1. The lowest BCUT2D eigenvalue weighted by Crippen LogP contribution is -2.49. The third kappa shape index (κ3) is 1.61. The van der Waals surface area contributed by atoms with Crippen LogP contribution in [0.3, 0.4) is 0 Å². The fourth-order valence-electron chi connectivity index (χ4n) is 2.74. The highest BCUT2D eigenvalue weighted by Gasteiger charge is 2.39. The zero-order valence-corrected chi connectivity index (χ0v) is 10.7. The summed E-state index contributed by atoms with van der Waals surface area (Å²) in [4.78, 5) is 2.47. The summed E-state index contributed by atoms with van der Waals surface area (Å²) in [5.74, 6) is 0. The Kier molecular flexibility index (Phi) is 2.70. The second kappa shape index (κ2) is 3.77. The molecular formula is C14H22N2. The molecule has 1 aliphatic rings. The van der Waals surface area contributed by atoms with E-state index in [-0.39, 0.29) is 11.6 Å². The van der Waals surface area contributed by atoms with Gasteiger partial charge in [-0.3, -0.25) is 0 Å². The first kappa shape index (κ1) is 11.5. The normalized spacial score (nSPS) is 23.8. The number of aryl methyl sites for hydroxylation is 2. The van der Waals surface area contributed by atoms with Crippen LogP contribution >= 0.6 is 0 Å². The molecule has 0 saturated carbocycles. The van der Waals surface area contributed by atoms with Crippen LogP contribution < -0.4 is 10.6 Å². The van der Waals surface area contributed by atoms with Crippen LogP contribution in [0.15, 0.2) is 18.2 Å². The number of nitrogens with two attached hydrogens (primary N) is 1. The van der Waals surface area contributed by atoms with Crippen molar-refractivity contribution in [2.75, 3.05) is 11.4 Å². The second-order valence-electron chi connectivity index (χ2n) is 5.44. The first-order valence-corrected chi connectivity index (χ1v) is 6.04. The number of benzene rings is 1. The van der Waals surface area contributed by atoms with Crippen molar-refractivity contribution < 1.29 is 0 Å². The van der Waals surface area contributed by atoms with E-state index in [9.17, 15) is 0 Å². The number of anilines is 1. The van der Waals surface area contributed by atoms with Crippen LogP contribution in [0.25, 0.3) is 0 Å². The molecule has 1 heterocycles. The number of rotatable bonds is 1. The van der Waals surface area contributed by atoms with Gasteiger partial charge in [0.25, 0.3) is 0 Å². The van der Waals surface area contributed by atoms with Crippen molar-refractivity contribution in [2.45, 2.75) is 45.7 Å². The molecule has 0 bridgehead atoms. The monoisotopic (exact) mass is 218 g/mol. The summed E-state index contributed by atoms with van der Waals surface area (Å²) in [6.45, 7) is 9.93. The van der Waals surface area contributed by atoms with Gasteiger partial charge in [-0.1, -0.05) is 18.2 Å². The first-order valence-electron chi connectivity index (χ1n) is 6.04. The van der Waals surface area contributed by atoms with E-state index < -0.39 is 0 Å². The molecule has 0 aromatic heterocycles. The lowest BCUT2D eigenvalue weighted by molar-refractivity contribution is 0.452. The highest BCUT2D eigenvalue weighted by Crippen LogP contribution is 2.36. The van der Waals surface area contributed by atoms with Gasteiger partial charge in [0, 0.05) is 23.8 Å². The Morgan fingerprint density at radius 1 is 1.25 bits per heavy atom. The molecule has 1 fully saturated rings. The minimum atomic E-state index is 0.0663. The summed E-state index contributed by atoms with van der Waals surface area (Å²) in [6, 6.07) is 6.76. The van der Waals surface area contributed by atoms with Crippen LogP contribution in [0.5, 0.6) is 0 Å². The van der Waals surface area contributed by atoms with Gasteiger partial charge in [-0.05, 0) is 45.2 Å². The summed E-state index contributed by atoms with van der Waals surface area (Å²) in [5.41, 5.74) is 10.3. The molecule has 0 aliphatic carbocycles. The van der Waals surface area contributed by atoms with Gasteiger partial charge in [-0.2, -0.15) is 0 Å². The molecule has 1 atom stereocenters. The maximum Gasteiger partial charge on any atom is 0.0497 e. The van der Waals surface area contributed by atoms with Gasteiger partial charge in [0.2, 0.25) is 0 Å². The molecule has 0 radical (unpaired) electrons. The summed E-state index contributed by atoms with van der Waals surface area (Å²) in [5, 5.41) is 0. The molecule has 1 unspecified atom stereocenters. The second-order valence-corrected chi connectivity index (χ2v) is 5.44. The summed E-state index contributed by atoms with van der Waals surface area (Å²) < 4.78 is 0. The maximum atomic E-state index is 6.20. The van der Waals surface area contributed by atoms with Gasteiger partial charge in [0.05, 0.1) is 0 Å². The maximum absolute atomic E-state index is 6.20. The van der Waals surface area contributed by atoms with Crippen molar-refractivity contribution in [3.63, 3.8) is 0 Å². The largest absolute Gasteiger partial charge is 0.364 e. The average Bonchev–Trinajstić information content (AvgIpc) is 2.44. The quantitative estimate of drug-likeness (QED) is 0.785. The minimum Gasteiger partial charge on any atom is -0.364 e. The van der Waals surface area contributed by atoms with Crippen LogP contribution in [0.4, 0.5) is 5.69 Å². The molecule has 1 aromatic carbocycles. The Labute approximate surface area is 98.4 Å². The molecule has 2 rings (SSSR count). The van der Waals surface area contributed by atoms with Crippen LogP contribution in [-0.2, 0) is 0 Å². The predicted octanol–water partition coefficient (Wildman–Crippen LogP) is 2.62. The molecule has 1 aromatic rings. The highest BCUT2D eigenvalue weighted by atomic mass is 15.2. The zero-order valence-electron chi connectivity index (χ0n) is 10.7. The molecule has 1 saturated heterocycles. The number of para-hydroxylation sites is 1. The third-order valence-electron chi connectivity index (χ3n) is 3.98. The van der Waals surface area contributed by atoms with Gasteiger partial charge in [-0.15, -0.1) is 0 Å². The van der Waals surface area contributed by atoms with Gasteiger partial charge in [0.15, 0.2) is 0 Å². The first-order chi connectivity index (χ1) is 7.44. The summed E-state index contributed by atoms with van der Waals surface area (Å²) >= 11 is 0. The van der Waals surface area contributed by atoms with Crippen molar-refractivity contribution >= 4 is 5.69 Å². The summed E-state index contributed by atoms with van der Waals surface area (Å²) in [7, 11) is 0. The SMILES string of the molecule is Cc1cccc(C)c1N1CCC(N)C1(C)C. The van der Waals surface area contributed by atoms with Crippen LogP contribution in [0.1, 0.15) is 31.4 Å². The molecule has 0 amide bonds. The van der Waals surface area contributed by atoms with Crippen LogP contribution in [0, 0.1) is 13.8 Å². The standard InChI is InChI=1S/C14H22N2/c1-10-6-5-7-11(2)13(10)16-9-8-12(15)14(16,3)4/h5-7,12H,8-9,15H2,1-4H3. The molecular weight excluding hydrogens is 196 g/mol. The van der Waals surface area contributed by atoms with Gasteiger partial charge < -0.3 is 10.6 Å². The van der Waals surface area contributed by atoms with E-state index in [1.165, 1.54) is 16.8 Å². The Balaban J connectivity index is 2.46. The zero-order chi connectivity index (χ0) is 11.9. The van der Waals surface area contributed by atoms with E-state index in [0.717, 1.165) is 13.0 Å². The minimum absolute atomic E-state index is 0.0663. The topological polar surface area (TPSA) is 29.3 Å². The van der Waals surface area contributed by atoms with E-state index in [0.29, 0.717) is 0 Å². The fourth-order valence-corrected chi connectivity index (χ4v) is 2.74. The number of hydrogen-bond donors (Lipinski definition) is 1. The molecule has 2 nitrogen and oxygen atoms in total. The van der Waals surface area contributed by atoms with Gasteiger partial charge >= 0.3 is 0 Å². The van der Waals surface area contributed by atoms with Crippen molar-refractivity contribution in [2.24, 2.45) is 5.73 Å². The summed E-state index contributed by atoms with van der Waals surface area (Å²) in [6.07, 6.45) is 1.08. The third-order valence-corrected chi connectivity index (χ3v) is 3.98. The lowest BCUT2D eigenvalue weighted by Gasteiger charge is -2.38. The molecule has 2 N–H and O–H groups in total. The van der Waals surface area contributed by atoms with Crippen molar-refractivity contribution in [1.82, 2.24) is 0 Å². The Hall–Kier alpha value is -1.02. The lowest BCUT2D eigenvalue weighted by atomic mass is 9.95.